The Morgan fingerprint density at radius 1 is 1.41 bits per heavy atom. The predicted molar refractivity (Wildman–Crippen MR) is 76.1 cm³/mol. The summed E-state index contributed by atoms with van der Waals surface area (Å²) in [7, 11) is 3.88. The van der Waals surface area contributed by atoms with Crippen LogP contribution in [0.4, 0.5) is 11.4 Å². The molecule has 0 bridgehead atoms. The first-order chi connectivity index (χ1) is 7.97. The highest BCUT2D eigenvalue weighted by atomic mass is 35.5. The molecular weight excluding hydrogens is 254 g/mol. The van der Waals surface area contributed by atoms with Gasteiger partial charge in [0.15, 0.2) is 4.98 Å². The number of benzene rings is 1. The summed E-state index contributed by atoms with van der Waals surface area (Å²) in [6, 6.07) is 3.64. The molecule has 1 aromatic carbocycles. The molecule has 0 heterocycles. The Morgan fingerprint density at radius 3 is 2.53 bits per heavy atom. The van der Waals surface area contributed by atoms with Crippen LogP contribution in [0, 0.1) is 11.3 Å². The van der Waals surface area contributed by atoms with Crippen molar-refractivity contribution in [1.29, 1.82) is 5.39 Å². The summed E-state index contributed by atoms with van der Waals surface area (Å²) in [5, 5.41) is 9.63. The maximum atomic E-state index is 8.98. The molecule has 3 nitrogen and oxygen atoms in total. The lowest BCUT2D eigenvalue weighted by atomic mass is 10.2. The third-order valence-electron chi connectivity index (χ3n) is 2.21. The van der Waals surface area contributed by atoms with Gasteiger partial charge in [-0.25, -0.2) is 0 Å². The van der Waals surface area contributed by atoms with Crippen molar-refractivity contribution < 1.29 is 0 Å². The van der Waals surface area contributed by atoms with Gasteiger partial charge in [0.1, 0.15) is 4.90 Å². The van der Waals surface area contributed by atoms with E-state index in [2.05, 4.69) is 18.8 Å². The van der Waals surface area contributed by atoms with Crippen LogP contribution in [0.1, 0.15) is 13.8 Å². The van der Waals surface area contributed by atoms with Crippen LogP contribution in [-0.4, -0.2) is 19.8 Å². The van der Waals surface area contributed by atoms with Gasteiger partial charge in [-0.15, -0.1) is 11.8 Å². The molecule has 92 valence electrons. The molecule has 1 rings (SSSR count). The van der Waals surface area contributed by atoms with Gasteiger partial charge in [0.2, 0.25) is 5.39 Å². The first-order valence-corrected chi connectivity index (χ1v) is 6.81. The van der Waals surface area contributed by atoms with Crippen molar-refractivity contribution in [3.8, 4) is 0 Å². The van der Waals surface area contributed by atoms with Crippen molar-refractivity contribution in [2.75, 3.05) is 24.7 Å². The van der Waals surface area contributed by atoms with Crippen LogP contribution < -0.4 is 4.90 Å². The molecule has 0 aliphatic rings. The van der Waals surface area contributed by atoms with E-state index in [4.69, 9.17) is 17.0 Å². The van der Waals surface area contributed by atoms with E-state index in [0.29, 0.717) is 16.6 Å². The number of hydrogen-bond donors (Lipinski definition) is 0. The zero-order chi connectivity index (χ0) is 13.0. The second-order valence-corrected chi connectivity index (χ2v) is 5.85. The fourth-order valence-corrected chi connectivity index (χ4v) is 2.83. The van der Waals surface area contributed by atoms with Crippen LogP contribution in [0.15, 0.2) is 17.0 Å². The molecule has 17 heavy (non-hydrogen) atoms. The summed E-state index contributed by atoms with van der Waals surface area (Å²) in [4.78, 5) is 6.08. The van der Waals surface area contributed by atoms with E-state index in [1.54, 1.807) is 17.8 Å². The third kappa shape index (κ3) is 3.52. The molecule has 0 fully saturated rings. The highest BCUT2D eigenvalue weighted by molar-refractivity contribution is 7.99. The fourth-order valence-electron chi connectivity index (χ4n) is 1.35. The van der Waals surface area contributed by atoms with Gasteiger partial charge in [-0.2, -0.15) is 0 Å². The summed E-state index contributed by atoms with van der Waals surface area (Å²) in [6.07, 6.45) is 0. The first kappa shape index (κ1) is 14.1. The molecule has 0 aliphatic heterocycles. The minimum atomic E-state index is 0.534. The van der Waals surface area contributed by atoms with Crippen molar-refractivity contribution in [2.24, 2.45) is 5.92 Å². The molecular formula is C12H17ClN3S+. The number of diazo groups is 1. The van der Waals surface area contributed by atoms with Gasteiger partial charge < -0.3 is 4.90 Å². The molecule has 0 atom stereocenters. The van der Waals surface area contributed by atoms with Crippen molar-refractivity contribution in [1.82, 2.24) is 0 Å². The lowest BCUT2D eigenvalue weighted by Gasteiger charge is -2.15. The first-order valence-electron chi connectivity index (χ1n) is 5.45. The molecule has 0 aromatic heterocycles. The molecule has 0 amide bonds. The molecule has 0 saturated heterocycles. The third-order valence-corrected chi connectivity index (χ3v) is 4.24. The van der Waals surface area contributed by atoms with E-state index in [1.165, 1.54) is 0 Å². The van der Waals surface area contributed by atoms with Crippen LogP contribution in [0.2, 0.25) is 5.02 Å². The Balaban J connectivity index is 3.14. The number of hydrogen-bond acceptors (Lipinski definition) is 3. The van der Waals surface area contributed by atoms with Crippen LogP contribution >= 0.6 is 23.4 Å². The maximum Gasteiger partial charge on any atom is 0.400 e. The lowest BCUT2D eigenvalue weighted by molar-refractivity contribution is 0.750. The fraction of sp³-hybridized carbons (Fsp3) is 0.500. The van der Waals surface area contributed by atoms with E-state index in [9.17, 15) is 0 Å². The van der Waals surface area contributed by atoms with E-state index in [-0.39, 0.29) is 0 Å². The average Bonchev–Trinajstić information content (AvgIpc) is 2.26. The van der Waals surface area contributed by atoms with Crippen LogP contribution in [0.25, 0.3) is 4.98 Å². The Bertz CT molecular complexity index is 438. The number of thioether (sulfide) groups is 1. The minimum Gasteiger partial charge on any atom is -0.376 e. The van der Waals surface area contributed by atoms with Crippen LogP contribution in [-0.2, 0) is 0 Å². The summed E-state index contributed by atoms with van der Waals surface area (Å²) in [5.74, 6) is 1.50. The zero-order valence-corrected chi connectivity index (χ0v) is 12.1. The van der Waals surface area contributed by atoms with Crippen molar-refractivity contribution in [3.63, 3.8) is 0 Å². The average molecular weight is 271 g/mol. The molecule has 0 radical (unpaired) electrons. The van der Waals surface area contributed by atoms with Crippen LogP contribution in [0.3, 0.4) is 0 Å². The van der Waals surface area contributed by atoms with Gasteiger partial charge >= 0.3 is 5.69 Å². The molecule has 1 aromatic rings. The molecule has 0 unspecified atom stereocenters. The number of nitrogens with zero attached hydrogens (tertiary/aromatic N) is 3. The second kappa shape index (κ2) is 6.13. The van der Waals surface area contributed by atoms with Gasteiger partial charge in [-0.1, -0.05) is 25.4 Å². The van der Waals surface area contributed by atoms with Gasteiger partial charge in [0.25, 0.3) is 0 Å². The summed E-state index contributed by atoms with van der Waals surface area (Å²) in [6.45, 7) is 4.29. The Hall–Kier alpha value is -0.920. The largest absolute Gasteiger partial charge is 0.400 e. The highest BCUT2D eigenvalue weighted by Crippen LogP contribution is 2.42. The van der Waals surface area contributed by atoms with Crippen molar-refractivity contribution in [2.45, 2.75) is 18.7 Å². The standard InChI is InChI=1S/C12H17ClN3S/c1-8(2)7-17-12-9(15-14)5-6-10(11(12)13)16(3)4/h5-6,8H,7H2,1-4H3/q+1. The Kier molecular flexibility index (Phi) is 5.10. The van der Waals surface area contributed by atoms with E-state index in [1.807, 2.05) is 25.1 Å². The molecule has 5 heteroatoms. The number of rotatable bonds is 4. The highest BCUT2D eigenvalue weighted by Gasteiger charge is 2.21. The van der Waals surface area contributed by atoms with Crippen molar-refractivity contribution >= 4 is 34.7 Å². The predicted octanol–water partition coefficient (Wildman–Crippen LogP) is 4.64. The van der Waals surface area contributed by atoms with E-state index in [0.717, 1.165) is 16.3 Å². The SMILES string of the molecule is CC(C)CSc1c([N+]#N)ccc(N(C)C)c1Cl. The Morgan fingerprint density at radius 2 is 2.06 bits per heavy atom. The molecule has 0 spiro atoms. The maximum absolute atomic E-state index is 8.98. The second-order valence-electron chi connectivity index (χ2n) is 4.45. The monoisotopic (exact) mass is 270 g/mol. The normalized spacial score (nSPS) is 10.4. The van der Waals surface area contributed by atoms with E-state index >= 15 is 0 Å². The summed E-state index contributed by atoms with van der Waals surface area (Å²) >= 11 is 7.96. The van der Waals surface area contributed by atoms with Crippen LogP contribution in [0.5, 0.6) is 0 Å². The van der Waals surface area contributed by atoms with E-state index < -0.39 is 0 Å². The lowest BCUT2D eigenvalue weighted by Crippen LogP contribution is -2.09. The summed E-state index contributed by atoms with van der Waals surface area (Å²) < 4.78 is 0. The quantitative estimate of drug-likeness (QED) is 0.590. The molecule has 0 aliphatic carbocycles. The zero-order valence-electron chi connectivity index (χ0n) is 10.6. The van der Waals surface area contributed by atoms with Gasteiger partial charge in [0, 0.05) is 25.9 Å². The van der Waals surface area contributed by atoms with Gasteiger partial charge in [0.05, 0.1) is 10.7 Å². The van der Waals surface area contributed by atoms with Crippen molar-refractivity contribution in [3.05, 3.63) is 22.1 Å². The van der Waals surface area contributed by atoms with Gasteiger partial charge in [-0.3, -0.25) is 0 Å². The number of halogens is 1. The Labute approximate surface area is 112 Å². The molecule has 0 saturated carbocycles. The van der Waals surface area contributed by atoms with Gasteiger partial charge in [-0.05, 0) is 12.0 Å². The topological polar surface area (TPSA) is 31.4 Å². The summed E-state index contributed by atoms with van der Waals surface area (Å²) in [5.41, 5.74) is 1.47. The smallest absolute Gasteiger partial charge is 0.376 e. The molecule has 0 N–H and O–H groups in total. The number of anilines is 1. The minimum absolute atomic E-state index is 0.534.